The third kappa shape index (κ3) is 6.57. The van der Waals surface area contributed by atoms with Crippen LogP contribution in [0.3, 0.4) is 0 Å². The predicted octanol–water partition coefficient (Wildman–Crippen LogP) is 5.79. The van der Waals surface area contributed by atoms with E-state index in [4.69, 9.17) is 19.9 Å². The minimum atomic E-state index is -1.36. The summed E-state index contributed by atoms with van der Waals surface area (Å²) in [5.74, 6) is -3.40. The maximum Gasteiger partial charge on any atom is 0.408 e. The van der Waals surface area contributed by atoms with Gasteiger partial charge in [-0.2, -0.15) is 0 Å². The Hall–Kier alpha value is -5.91. The van der Waals surface area contributed by atoms with Crippen LogP contribution in [0.15, 0.2) is 34.1 Å². The van der Waals surface area contributed by atoms with E-state index in [1.165, 1.54) is 12.4 Å². The smallest absolute Gasteiger partial charge is 0.408 e. The number of nitrogens with one attached hydrogen (secondary N) is 1. The highest BCUT2D eigenvalue weighted by molar-refractivity contribution is 5.98. The molecule has 2 aromatic carbocycles. The van der Waals surface area contributed by atoms with Gasteiger partial charge in [0.1, 0.15) is 41.3 Å². The topological polar surface area (TPSA) is 208 Å². The molecule has 4 atom stereocenters. The number of nitrogens with two attached hydrogens (primary N) is 1. The maximum atomic E-state index is 15.7. The van der Waals surface area contributed by atoms with Crippen molar-refractivity contribution in [1.29, 1.82) is 0 Å². The quantitative estimate of drug-likeness (QED) is 0.188. The molecular formula is C45H52F2N6O10. The van der Waals surface area contributed by atoms with Crippen molar-refractivity contribution in [2.24, 2.45) is 16.6 Å². The van der Waals surface area contributed by atoms with Crippen molar-refractivity contribution in [3.63, 3.8) is 0 Å². The molecule has 2 aliphatic carbocycles. The number of ether oxygens (including phenoxy) is 3. The molecule has 2 aromatic heterocycles. The van der Waals surface area contributed by atoms with Crippen LogP contribution in [-0.4, -0.2) is 93.5 Å². The van der Waals surface area contributed by atoms with Crippen LogP contribution in [0, 0.1) is 22.5 Å². The fourth-order valence-electron chi connectivity index (χ4n) is 10.4. The van der Waals surface area contributed by atoms with Crippen LogP contribution < -0.4 is 41.2 Å². The third-order valence-electron chi connectivity index (χ3n) is 14.3. The van der Waals surface area contributed by atoms with Crippen LogP contribution in [0.5, 0.6) is 11.5 Å². The number of alkyl carbamates (subject to hydrolysis) is 1. The Morgan fingerprint density at radius 1 is 0.762 bits per heavy atom. The lowest BCUT2D eigenvalue weighted by Crippen LogP contribution is -2.54. The molecule has 2 spiro atoms. The molecule has 10 rings (SSSR count). The van der Waals surface area contributed by atoms with Gasteiger partial charge in [-0.3, -0.25) is 9.59 Å². The zero-order valence-electron chi connectivity index (χ0n) is 36.3. The molecule has 2 saturated carbocycles. The Morgan fingerprint density at radius 2 is 1.19 bits per heavy atom. The lowest BCUT2D eigenvalue weighted by atomic mass is 9.86. The normalized spacial score (nSPS) is 25.7. The number of hydrogen-bond acceptors (Lipinski definition) is 11. The molecule has 6 aliphatic rings. The van der Waals surface area contributed by atoms with Gasteiger partial charge in [-0.15, -0.1) is 0 Å². The van der Waals surface area contributed by atoms with E-state index in [2.05, 4.69) is 5.32 Å². The summed E-state index contributed by atoms with van der Waals surface area (Å²) in [6, 6.07) is 1.83. The number of pyridine rings is 2. The monoisotopic (exact) mass is 874 g/mol. The van der Waals surface area contributed by atoms with E-state index >= 15 is 8.78 Å². The number of aromatic nitrogens is 2. The maximum absolute atomic E-state index is 15.7. The van der Waals surface area contributed by atoms with Crippen LogP contribution in [0.25, 0.3) is 21.8 Å². The highest BCUT2D eigenvalue weighted by Crippen LogP contribution is 2.61. The summed E-state index contributed by atoms with van der Waals surface area (Å²) in [6.07, 6.45) is 5.93. The first-order chi connectivity index (χ1) is 29.4. The zero-order valence-corrected chi connectivity index (χ0v) is 36.3. The Bertz CT molecular complexity index is 2800. The first kappa shape index (κ1) is 42.4. The van der Waals surface area contributed by atoms with E-state index in [9.17, 15) is 34.2 Å². The Balaban J connectivity index is 0.000000164. The van der Waals surface area contributed by atoms with Gasteiger partial charge in [-0.05, 0) is 86.3 Å². The Morgan fingerprint density at radius 3 is 1.59 bits per heavy atom. The molecule has 0 radical (unpaired) electrons. The van der Waals surface area contributed by atoms with E-state index in [-0.39, 0.29) is 63.9 Å². The molecule has 1 amide bonds. The van der Waals surface area contributed by atoms with Gasteiger partial charge < -0.3 is 54.4 Å². The number of carboxylic acid groups (broad SMARTS) is 2. The summed E-state index contributed by atoms with van der Waals surface area (Å²) < 4.78 is 51.7. The summed E-state index contributed by atoms with van der Waals surface area (Å²) in [6.45, 7) is 15.5. The number of anilines is 2. The van der Waals surface area contributed by atoms with Crippen molar-refractivity contribution in [2.75, 3.05) is 49.2 Å². The van der Waals surface area contributed by atoms with Gasteiger partial charge in [0.25, 0.3) is 0 Å². The standard InChI is InChI=1S/C25H30FN3O6.C20H22FN3O4/c1-13-10-34-20-17-14(19(30)15(21(31)32)9-29(13)17)8-16(26)18(20)28-11-24(5,25(12-28)6-7-25)27-22(33)35-23(2,3)4;1-10-7-28-17-14-11(16(25)12(18(26)27)6-24(10)14)5-13(21)15(17)23-8-19(2,22)20(9-23)3-4-20/h8-9,13H,6-7,10-12H2,1-5H3,(H,27,33)(H,31,32);5-6,10H,3-4,7-9,22H2,1-2H3,(H,26,27)/t13-,24?;10-,19?/m00/s1. The SMILES string of the molecule is C[C@H]1COc2c(N3CC(C)(N)C4(CC4)C3)c(F)cc3c(=O)c(C(=O)O)cn1c23.C[C@H]1COc2c(N3CC4(CC4)C(C)(NC(=O)OC(C)(C)C)C3)c(F)cc3c(=O)c(C(=O)O)cn1c23. The summed E-state index contributed by atoms with van der Waals surface area (Å²) in [5, 5.41) is 21.9. The van der Waals surface area contributed by atoms with Crippen molar-refractivity contribution in [2.45, 2.75) is 103 Å². The van der Waals surface area contributed by atoms with Gasteiger partial charge in [0.2, 0.25) is 10.9 Å². The molecule has 2 saturated heterocycles. The van der Waals surface area contributed by atoms with Gasteiger partial charge in [0.15, 0.2) is 23.1 Å². The lowest BCUT2D eigenvalue weighted by Gasteiger charge is -2.33. The third-order valence-corrected chi connectivity index (χ3v) is 14.3. The number of carbonyl (C=O) groups is 3. The summed E-state index contributed by atoms with van der Waals surface area (Å²) in [5.41, 5.74) is 3.71. The average molecular weight is 875 g/mol. The summed E-state index contributed by atoms with van der Waals surface area (Å²) in [4.78, 5) is 65.1. The minimum Gasteiger partial charge on any atom is -0.487 e. The fourth-order valence-corrected chi connectivity index (χ4v) is 10.4. The van der Waals surface area contributed by atoms with Crippen molar-refractivity contribution in [1.82, 2.24) is 14.5 Å². The van der Waals surface area contributed by atoms with Gasteiger partial charge in [0.05, 0.1) is 39.4 Å². The van der Waals surface area contributed by atoms with Gasteiger partial charge >= 0.3 is 18.0 Å². The zero-order chi connectivity index (χ0) is 45.5. The number of nitrogens with zero attached hydrogens (tertiary/aromatic N) is 4. The largest absolute Gasteiger partial charge is 0.487 e. The van der Waals surface area contributed by atoms with Crippen LogP contribution in [0.1, 0.15) is 107 Å². The fraction of sp³-hybridized carbons (Fsp3) is 0.533. The van der Waals surface area contributed by atoms with Crippen molar-refractivity contribution < 1.29 is 47.6 Å². The molecule has 4 fully saturated rings. The van der Waals surface area contributed by atoms with Gasteiger partial charge in [-0.1, -0.05) is 0 Å². The second-order valence-electron chi connectivity index (χ2n) is 20.0. The highest BCUT2D eigenvalue weighted by atomic mass is 19.1. The van der Waals surface area contributed by atoms with Crippen molar-refractivity contribution in [3.8, 4) is 11.5 Å². The molecule has 18 heteroatoms. The number of halogens is 2. The molecule has 4 aliphatic heterocycles. The molecular weight excluding hydrogens is 823 g/mol. The molecule has 16 nitrogen and oxygen atoms in total. The average Bonchev–Trinajstić information content (AvgIpc) is 4.09. The molecule has 63 heavy (non-hydrogen) atoms. The minimum absolute atomic E-state index is 0.00406. The van der Waals surface area contributed by atoms with Gasteiger partial charge in [-0.25, -0.2) is 23.2 Å². The number of aromatic carboxylic acids is 2. The second-order valence-corrected chi connectivity index (χ2v) is 20.0. The first-order valence-electron chi connectivity index (χ1n) is 21.3. The number of rotatable bonds is 5. The molecule has 6 heterocycles. The Kier molecular flexibility index (Phi) is 9.28. The Labute approximate surface area is 360 Å². The number of carbonyl (C=O) groups excluding carboxylic acids is 1. The summed E-state index contributed by atoms with van der Waals surface area (Å²) >= 11 is 0. The number of hydrogen-bond donors (Lipinski definition) is 4. The molecule has 5 N–H and O–H groups in total. The van der Waals surface area contributed by atoms with Crippen LogP contribution >= 0.6 is 0 Å². The second kappa shape index (κ2) is 13.8. The van der Waals surface area contributed by atoms with E-state index in [1.807, 2.05) is 37.5 Å². The molecule has 4 aromatic rings. The molecule has 2 unspecified atom stereocenters. The first-order valence-corrected chi connectivity index (χ1v) is 21.3. The van der Waals surface area contributed by atoms with E-state index in [1.54, 1.807) is 29.9 Å². The summed E-state index contributed by atoms with van der Waals surface area (Å²) in [7, 11) is 0. The van der Waals surface area contributed by atoms with Crippen LogP contribution in [-0.2, 0) is 4.74 Å². The van der Waals surface area contributed by atoms with Gasteiger partial charge in [0, 0.05) is 54.9 Å². The van der Waals surface area contributed by atoms with E-state index in [0.29, 0.717) is 48.6 Å². The molecule has 0 bridgehead atoms. The number of benzene rings is 2. The highest BCUT2D eigenvalue weighted by Gasteiger charge is 2.64. The lowest BCUT2D eigenvalue weighted by molar-refractivity contribution is 0.0439. The van der Waals surface area contributed by atoms with Crippen LogP contribution in [0.4, 0.5) is 25.0 Å². The van der Waals surface area contributed by atoms with Crippen molar-refractivity contribution in [3.05, 3.63) is 67.7 Å². The number of amides is 1. The van der Waals surface area contributed by atoms with E-state index in [0.717, 1.165) is 37.8 Å². The van der Waals surface area contributed by atoms with E-state index < -0.39 is 62.8 Å². The number of carboxylic acids is 2. The molecule has 336 valence electrons. The van der Waals surface area contributed by atoms with Crippen molar-refractivity contribution >= 4 is 51.2 Å². The predicted molar refractivity (Wildman–Crippen MR) is 229 cm³/mol. The van der Waals surface area contributed by atoms with Crippen LogP contribution in [0.2, 0.25) is 0 Å².